The minimum absolute atomic E-state index is 0.00865. The van der Waals surface area contributed by atoms with E-state index < -0.39 is 23.4 Å². The molecule has 7 heteroatoms. The first-order chi connectivity index (χ1) is 13.5. The molecule has 0 aromatic heterocycles. The fourth-order valence-corrected chi connectivity index (χ4v) is 3.34. The maximum atomic E-state index is 12.9. The van der Waals surface area contributed by atoms with E-state index in [-0.39, 0.29) is 12.0 Å². The first-order valence-electron chi connectivity index (χ1n) is 9.31. The molecule has 1 saturated heterocycles. The molecule has 0 aliphatic carbocycles. The average Bonchev–Trinajstić information content (AvgIpc) is 2.86. The van der Waals surface area contributed by atoms with E-state index in [2.05, 4.69) is 31.4 Å². The number of amides is 4. The van der Waals surface area contributed by atoms with Gasteiger partial charge in [-0.15, -0.1) is 0 Å². The first-order valence-corrected chi connectivity index (χ1v) is 9.69. The van der Waals surface area contributed by atoms with Crippen LogP contribution in [0, 0.1) is 0 Å². The highest BCUT2D eigenvalue weighted by molar-refractivity contribution is 6.30. The highest BCUT2D eigenvalue weighted by Crippen LogP contribution is 2.29. The summed E-state index contributed by atoms with van der Waals surface area (Å²) in [6.45, 7) is 7.57. The summed E-state index contributed by atoms with van der Waals surface area (Å²) in [6, 6.07) is 13.6. The van der Waals surface area contributed by atoms with Crippen molar-refractivity contribution >= 4 is 35.1 Å². The molecule has 4 amide bonds. The van der Waals surface area contributed by atoms with Crippen LogP contribution in [-0.2, 0) is 20.5 Å². The number of nitrogens with zero attached hydrogens (tertiary/aromatic N) is 1. The summed E-state index contributed by atoms with van der Waals surface area (Å²) in [6.07, 6.45) is 0. The zero-order valence-corrected chi connectivity index (χ0v) is 17.6. The summed E-state index contributed by atoms with van der Waals surface area (Å²) in [4.78, 5) is 38.6. The number of carbonyl (C=O) groups is 3. The van der Waals surface area contributed by atoms with Crippen molar-refractivity contribution in [3.8, 4) is 0 Å². The Kier molecular flexibility index (Phi) is 5.41. The molecule has 1 aliphatic rings. The lowest BCUT2D eigenvalue weighted by molar-refractivity contribution is -0.133. The van der Waals surface area contributed by atoms with Gasteiger partial charge in [0, 0.05) is 10.7 Å². The number of hydrogen-bond acceptors (Lipinski definition) is 3. The normalized spacial score (nSPS) is 19.3. The maximum absolute atomic E-state index is 12.9. The van der Waals surface area contributed by atoms with E-state index in [0.29, 0.717) is 16.3 Å². The molecular weight excluding hydrogens is 390 g/mol. The quantitative estimate of drug-likeness (QED) is 0.742. The van der Waals surface area contributed by atoms with Gasteiger partial charge in [0.15, 0.2) is 0 Å². The summed E-state index contributed by atoms with van der Waals surface area (Å²) in [7, 11) is 0. The van der Waals surface area contributed by atoms with Gasteiger partial charge >= 0.3 is 6.03 Å². The number of hydrogen-bond donors (Lipinski definition) is 2. The van der Waals surface area contributed by atoms with Crippen LogP contribution in [0.4, 0.5) is 10.5 Å². The molecule has 2 aromatic carbocycles. The molecule has 1 atom stereocenters. The van der Waals surface area contributed by atoms with E-state index in [4.69, 9.17) is 11.6 Å². The van der Waals surface area contributed by atoms with Crippen molar-refractivity contribution in [2.75, 3.05) is 11.9 Å². The number of anilines is 1. The summed E-state index contributed by atoms with van der Waals surface area (Å²) >= 11 is 5.90. The zero-order valence-electron chi connectivity index (χ0n) is 16.9. The molecule has 1 fully saturated rings. The van der Waals surface area contributed by atoms with Crippen molar-refractivity contribution in [1.29, 1.82) is 0 Å². The number of carbonyl (C=O) groups excluding carboxylic acids is 3. The summed E-state index contributed by atoms with van der Waals surface area (Å²) in [5.74, 6) is -0.930. The molecular formula is C22H24ClN3O3. The fourth-order valence-electron chi connectivity index (χ4n) is 3.22. The van der Waals surface area contributed by atoms with Crippen LogP contribution in [0.15, 0.2) is 48.5 Å². The second kappa shape index (κ2) is 7.52. The Morgan fingerprint density at radius 2 is 1.66 bits per heavy atom. The first kappa shape index (κ1) is 20.9. The lowest BCUT2D eigenvalue weighted by Crippen LogP contribution is -2.42. The Bertz CT molecular complexity index is 949. The molecule has 3 rings (SSSR count). The Balaban J connectivity index is 1.69. The monoisotopic (exact) mass is 413 g/mol. The topological polar surface area (TPSA) is 78.5 Å². The fraction of sp³-hybridized carbons (Fsp3) is 0.318. The third-order valence-electron chi connectivity index (χ3n) is 5.03. The lowest BCUT2D eigenvalue weighted by atomic mass is 9.87. The van der Waals surface area contributed by atoms with Gasteiger partial charge in [-0.25, -0.2) is 4.79 Å². The van der Waals surface area contributed by atoms with Gasteiger partial charge < -0.3 is 10.6 Å². The van der Waals surface area contributed by atoms with Crippen LogP contribution in [0.1, 0.15) is 38.8 Å². The Hall–Kier alpha value is -2.86. The SMILES string of the molecule is CC(C)(C)c1ccc(NC(=O)CN2C(=O)NC(C)(c3ccc(Cl)cc3)C2=O)cc1. The maximum Gasteiger partial charge on any atom is 0.325 e. The number of halogens is 1. The molecule has 0 bridgehead atoms. The Morgan fingerprint density at radius 1 is 1.07 bits per heavy atom. The molecule has 1 unspecified atom stereocenters. The van der Waals surface area contributed by atoms with Gasteiger partial charge in [-0.1, -0.05) is 56.6 Å². The molecule has 0 saturated carbocycles. The highest BCUT2D eigenvalue weighted by Gasteiger charge is 2.49. The van der Waals surface area contributed by atoms with Crippen molar-refractivity contribution in [3.63, 3.8) is 0 Å². The molecule has 2 aromatic rings. The molecule has 2 N–H and O–H groups in total. The molecule has 1 aliphatic heterocycles. The largest absolute Gasteiger partial charge is 0.325 e. The van der Waals surface area contributed by atoms with Gasteiger partial charge in [0.25, 0.3) is 5.91 Å². The second-order valence-corrected chi connectivity index (χ2v) is 8.77. The third-order valence-corrected chi connectivity index (χ3v) is 5.28. The third kappa shape index (κ3) is 4.27. The van der Waals surface area contributed by atoms with Gasteiger partial charge in [0.2, 0.25) is 5.91 Å². The molecule has 29 heavy (non-hydrogen) atoms. The molecule has 6 nitrogen and oxygen atoms in total. The van der Waals surface area contributed by atoms with Crippen LogP contribution >= 0.6 is 11.6 Å². The zero-order chi connectivity index (χ0) is 21.4. The van der Waals surface area contributed by atoms with Gasteiger partial charge in [0.05, 0.1) is 0 Å². The lowest BCUT2D eigenvalue weighted by Gasteiger charge is -2.22. The number of benzene rings is 2. The van der Waals surface area contributed by atoms with Crippen molar-refractivity contribution < 1.29 is 14.4 Å². The van der Waals surface area contributed by atoms with Crippen molar-refractivity contribution in [2.24, 2.45) is 0 Å². The van der Waals surface area contributed by atoms with Gasteiger partial charge in [-0.2, -0.15) is 0 Å². The summed E-state index contributed by atoms with van der Waals surface area (Å²) in [5.41, 5.74) is 1.12. The minimum Gasteiger partial charge on any atom is -0.325 e. The van der Waals surface area contributed by atoms with E-state index in [1.807, 2.05) is 24.3 Å². The summed E-state index contributed by atoms with van der Waals surface area (Å²) < 4.78 is 0. The van der Waals surface area contributed by atoms with E-state index in [0.717, 1.165) is 10.5 Å². The molecule has 0 radical (unpaired) electrons. The predicted molar refractivity (Wildman–Crippen MR) is 113 cm³/mol. The smallest absolute Gasteiger partial charge is 0.325 e. The van der Waals surface area contributed by atoms with E-state index >= 15 is 0 Å². The number of urea groups is 1. The number of rotatable bonds is 4. The van der Waals surface area contributed by atoms with Gasteiger partial charge in [-0.05, 0) is 47.7 Å². The highest BCUT2D eigenvalue weighted by atomic mass is 35.5. The minimum atomic E-state index is -1.24. The van der Waals surface area contributed by atoms with Crippen LogP contribution in [0.3, 0.4) is 0 Å². The van der Waals surface area contributed by atoms with Crippen LogP contribution in [0.25, 0.3) is 0 Å². The standard InChI is InChI=1S/C22H24ClN3O3/c1-21(2,3)14-7-11-17(12-8-14)24-18(27)13-26-19(28)22(4,25-20(26)29)15-5-9-16(23)10-6-15/h5-12H,13H2,1-4H3,(H,24,27)(H,25,29). The van der Waals surface area contributed by atoms with Crippen molar-refractivity contribution in [2.45, 2.75) is 38.6 Å². The molecule has 152 valence electrons. The average molecular weight is 414 g/mol. The second-order valence-electron chi connectivity index (χ2n) is 8.33. The van der Waals surface area contributed by atoms with Gasteiger partial charge in [0.1, 0.15) is 12.1 Å². The van der Waals surface area contributed by atoms with E-state index in [1.54, 1.807) is 31.2 Å². The van der Waals surface area contributed by atoms with Crippen LogP contribution in [0.2, 0.25) is 5.02 Å². The van der Waals surface area contributed by atoms with Crippen LogP contribution in [-0.4, -0.2) is 29.3 Å². The van der Waals surface area contributed by atoms with Crippen molar-refractivity contribution in [3.05, 3.63) is 64.7 Å². The molecule has 1 heterocycles. The van der Waals surface area contributed by atoms with Gasteiger partial charge in [-0.3, -0.25) is 14.5 Å². The Labute approximate surface area is 175 Å². The molecule has 0 spiro atoms. The van der Waals surface area contributed by atoms with Crippen LogP contribution < -0.4 is 10.6 Å². The Morgan fingerprint density at radius 3 is 2.21 bits per heavy atom. The van der Waals surface area contributed by atoms with Crippen molar-refractivity contribution in [1.82, 2.24) is 10.2 Å². The van der Waals surface area contributed by atoms with Crippen LogP contribution in [0.5, 0.6) is 0 Å². The van der Waals surface area contributed by atoms with E-state index in [1.165, 1.54) is 0 Å². The number of imide groups is 1. The predicted octanol–water partition coefficient (Wildman–Crippen LogP) is 4.04. The number of nitrogens with one attached hydrogen (secondary N) is 2. The van der Waals surface area contributed by atoms with E-state index in [9.17, 15) is 14.4 Å². The summed E-state index contributed by atoms with van der Waals surface area (Å²) in [5, 5.41) is 5.94.